The number of piperidine rings is 2. The monoisotopic (exact) mass is 386 g/mol. The summed E-state index contributed by atoms with van der Waals surface area (Å²) in [5.41, 5.74) is 1.84. The van der Waals surface area contributed by atoms with Gasteiger partial charge in [-0.1, -0.05) is 17.7 Å². The summed E-state index contributed by atoms with van der Waals surface area (Å²) in [4.78, 5) is 29.7. The summed E-state index contributed by atoms with van der Waals surface area (Å²) in [7, 11) is 0. The van der Waals surface area contributed by atoms with Crippen molar-refractivity contribution < 1.29 is 19.1 Å². The van der Waals surface area contributed by atoms with Gasteiger partial charge >= 0.3 is 0 Å². The Kier molecular flexibility index (Phi) is 5.97. The molecule has 3 saturated heterocycles. The molecule has 6 heteroatoms. The van der Waals surface area contributed by atoms with Gasteiger partial charge in [0.25, 0.3) is 5.91 Å². The molecule has 0 bridgehead atoms. The Labute approximate surface area is 166 Å². The fourth-order valence-corrected chi connectivity index (χ4v) is 4.54. The molecule has 0 aliphatic carbocycles. The number of likely N-dealkylation sites (tertiary alicyclic amines) is 2. The number of aryl methyl sites for hydroxylation is 1. The topological polar surface area (TPSA) is 59.1 Å². The summed E-state index contributed by atoms with van der Waals surface area (Å²) < 4.78 is 11.2. The number of benzene rings is 1. The van der Waals surface area contributed by atoms with E-state index >= 15 is 0 Å². The van der Waals surface area contributed by atoms with Crippen molar-refractivity contribution in [2.24, 2.45) is 11.8 Å². The van der Waals surface area contributed by atoms with E-state index in [1.165, 1.54) is 0 Å². The molecule has 0 saturated carbocycles. The molecule has 4 rings (SSSR count). The van der Waals surface area contributed by atoms with Gasteiger partial charge in [-0.05, 0) is 44.7 Å². The maximum atomic E-state index is 13.1. The quantitative estimate of drug-likeness (QED) is 0.801. The molecule has 28 heavy (non-hydrogen) atoms. The molecule has 0 N–H and O–H groups in total. The molecule has 1 unspecified atom stereocenters. The van der Waals surface area contributed by atoms with Gasteiger partial charge in [0.2, 0.25) is 5.91 Å². The third-order valence-corrected chi connectivity index (χ3v) is 6.24. The molecule has 1 atom stereocenters. The molecule has 6 nitrogen and oxygen atoms in total. The van der Waals surface area contributed by atoms with Gasteiger partial charge in [0.05, 0.1) is 19.1 Å². The molecule has 1 aromatic carbocycles. The number of ether oxygens (including phenoxy) is 2. The minimum Gasteiger partial charge on any atom is -0.350 e. The highest BCUT2D eigenvalue weighted by molar-refractivity contribution is 5.94. The van der Waals surface area contributed by atoms with E-state index in [1.54, 1.807) is 0 Å². The third-order valence-electron chi connectivity index (χ3n) is 6.24. The zero-order chi connectivity index (χ0) is 19.5. The van der Waals surface area contributed by atoms with Crippen molar-refractivity contribution in [3.8, 4) is 0 Å². The van der Waals surface area contributed by atoms with E-state index in [-0.39, 0.29) is 24.0 Å². The number of hydrogen-bond donors (Lipinski definition) is 0. The van der Waals surface area contributed by atoms with Crippen molar-refractivity contribution in [2.75, 3.05) is 39.4 Å². The van der Waals surface area contributed by atoms with Crippen LogP contribution in [0.5, 0.6) is 0 Å². The SMILES string of the molecule is Cc1ccc(C(=O)N2CCCC(C(=O)N3CCC(C4OCCO4)CC3)C2)cc1. The van der Waals surface area contributed by atoms with Crippen LogP contribution in [0.25, 0.3) is 0 Å². The number of hydrogen-bond acceptors (Lipinski definition) is 4. The molecule has 3 aliphatic rings. The Balaban J connectivity index is 1.32. The van der Waals surface area contributed by atoms with Crippen LogP contribution in [0.15, 0.2) is 24.3 Å². The average Bonchev–Trinajstić information content (AvgIpc) is 3.28. The molecule has 0 aromatic heterocycles. The number of nitrogens with zero attached hydrogens (tertiary/aromatic N) is 2. The van der Waals surface area contributed by atoms with Crippen molar-refractivity contribution in [2.45, 2.75) is 38.9 Å². The Hall–Kier alpha value is -1.92. The smallest absolute Gasteiger partial charge is 0.253 e. The van der Waals surface area contributed by atoms with Gasteiger partial charge in [0.15, 0.2) is 6.29 Å². The van der Waals surface area contributed by atoms with Crippen LogP contribution in [0, 0.1) is 18.8 Å². The largest absolute Gasteiger partial charge is 0.350 e. The second kappa shape index (κ2) is 8.62. The minimum absolute atomic E-state index is 0.0340. The molecule has 3 fully saturated rings. The van der Waals surface area contributed by atoms with E-state index < -0.39 is 0 Å². The van der Waals surface area contributed by atoms with E-state index in [0.29, 0.717) is 31.2 Å². The van der Waals surface area contributed by atoms with E-state index in [4.69, 9.17) is 9.47 Å². The summed E-state index contributed by atoms with van der Waals surface area (Å²) in [5.74, 6) is 0.538. The summed E-state index contributed by atoms with van der Waals surface area (Å²) in [5, 5.41) is 0. The standard InChI is InChI=1S/C22H30N2O4/c1-16-4-6-17(7-5-16)20(25)24-10-2-3-19(15-24)21(26)23-11-8-18(9-12-23)22-27-13-14-28-22/h4-7,18-19,22H,2-3,8-15H2,1H3. The van der Waals surface area contributed by atoms with Crippen molar-refractivity contribution in [1.29, 1.82) is 0 Å². The summed E-state index contributed by atoms with van der Waals surface area (Å²) in [6.07, 6.45) is 3.51. The first-order valence-corrected chi connectivity index (χ1v) is 10.5. The van der Waals surface area contributed by atoms with Gasteiger partial charge in [-0.15, -0.1) is 0 Å². The van der Waals surface area contributed by atoms with E-state index in [0.717, 1.165) is 50.9 Å². The first kappa shape index (κ1) is 19.4. The Morgan fingerprint density at radius 3 is 2.29 bits per heavy atom. The highest BCUT2D eigenvalue weighted by atomic mass is 16.7. The van der Waals surface area contributed by atoms with Crippen LogP contribution in [-0.2, 0) is 14.3 Å². The number of carbonyl (C=O) groups is 2. The fourth-order valence-electron chi connectivity index (χ4n) is 4.54. The lowest BCUT2D eigenvalue weighted by molar-refractivity contribution is -0.142. The first-order chi connectivity index (χ1) is 13.6. The third kappa shape index (κ3) is 4.23. The van der Waals surface area contributed by atoms with Crippen LogP contribution >= 0.6 is 0 Å². The molecule has 1 aromatic rings. The van der Waals surface area contributed by atoms with Gasteiger partial charge < -0.3 is 19.3 Å². The second-order valence-corrected chi connectivity index (χ2v) is 8.23. The van der Waals surface area contributed by atoms with Crippen LogP contribution in [0.3, 0.4) is 0 Å². The maximum Gasteiger partial charge on any atom is 0.253 e. The summed E-state index contributed by atoms with van der Waals surface area (Å²) >= 11 is 0. The van der Waals surface area contributed by atoms with E-state index in [1.807, 2.05) is 41.0 Å². The number of rotatable bonds is 3. The Morgan fingerprint density at radius 2 is 1.61 bits per heavy atom. The van der Waals surface area contributed by atoms with Crippen LogP contribution in [0.2, 0.25) is 0 Å². The minimum atomic E-state index is -0.0884. The molecular weight excluding hydrogens is 356 g/mol. The molecule has 0 spiro atoms. The van der Waals surface area contributed by atoms with Gasteiger partial charge in [0.1, 0.15) is 0 Å². The van der Waals surface area contributed by atoms with E-state index in [9.17, 15) is 9.59 Å². The predicted molar refractivity (Wildman–Crippen MR) is 105 cm³/mol. The molecular formula is C22H30N2O4. The maximum absolute atomic E-state index is 13.1. The van der Waals surface area contributed by atoms with Crippen molar-refractivity contribution >= 4 is 11.8 Å². The van der Waals surface area contributed by atoms with Crippen LogP contribution in [0.4, 0.5) is 0 Å². The highest BCUT2D eigenvalue weighted by Gasteiger charge is 2.35. The lowest BCUT2D eigenvalue weighted by atomic mass is 9.92. The summed E-state index contributed by atoms with van der Waals surface area (Å²) in [6.45, 7) is 6.14. The zero-order valence-electron chi connectivity index (χ0n) is 16.6. The van der Waals surface area contributed by atoms with Gasteiger partial charge in [-0.25, -0.2) is 0 Å². The van der Waals surface area contributed by atoms with Gasteiger partial charge in [0, 0.05) is 37.7 Å². The van der Waals surface area contributed by atoms with Crippen molar-refractivity contribution in [1.82, 2.24) is 9.80 Å². The highest BCUT2D eigenvalue weighted by Crippen LogP contribution is 2.28. The second-order valence-electron chi connectivity index (χ2n) is 8.23. The van der Waals surface area contributed by atoms with E-state index in [2.05, 4.69) is 0 Å². The van der Waals surface area contributed by atoms with Crippen LogP contribution in [-0.4, -0.2) is 67.3 Å². The van der Waals surface area contributed by atoms with Crippen LogP contribution < -0.4 is 0 Å². The number of carbonyl (C=O) groups excluding carboxylic acids is 2. The van der Waals surface area contributed by atoms with Gasteiger partial charge in [-0.3, -0.25) is 9.59 Å². The molecule has 152 valence electrons. The lowest BCUT2D eigenvalue weighted by Crippen LogP contribution is -2.49. The first-order valence-electron chi connectivity index (χ1n) is 10.5. The normalized spacial score (nSPS) is 24.5. The Bertz CT molecular complexity index is 691. The van der Waals surface area contributed by atoms with Crippen LogP contribution in [0.1, 0.15) is 41.6 Å². The molecule has 3 aliphatic heterocycles. The zero-order valence-corrected chi connectivity index (χ0v) is 16.6. The number of amides is 2. The van der Waals surface area contributed by atoms with Crippen molar-refractivity contribution in [3.05, 3.63) is 35.4 Å². The fraction of sp³-hybridized carbons (Fsp3) is 0.636. The average molecular weight is 386 g/mol. The summed E-state index contributed by atoms with van der Waals surface area (Å²) in [6, 6.07) is 7.67. The molecule has 0 radical (unpaired) electrons. The predicted octanol–water partition coefficient (Wildman–Crippen LogP) is 2.46. The van der Waals surface area contributed by atoms with Gasteiger partial charge in [-0.2, -0.15) is 0 Å². The Morgan fingerprint density at radius 1 is 0.929 bits per heavy atom. The molecule has 3 heterocycles. The lowest BCUT2D eigenvalue weighted by Gasteiger charge is -2.38. The van der Waals surface area contributed by atoms with Crippen molar-refractivity contribution in [3.63, 3.8) is 0 Å². The molecule has 2 amide bonds.